The number of hydrogen-bond donors (Lipinski definition) is 0. The molecule has 0 aromatic rings. The molecule has 1 aliphatic rings. The van der Waals surface area contributed by atoms with Crippen LogP contribution in [0.15, 0.2) is 12.2 Å². The molecule has 0 N–H and O–H groups in total. The van der Waals surface area contributed by atoms with E-state index in [2.05, 4.69) is 6.07 Å². The SMILES string of the molecule is N#C/C=C\CCCC1=[N+]([O-])C(CC#N)CCC1. The van der Waals surface area contributed by atoms with Crippen LogP contribution in [-0.4, -0.2) is 16.5 Å². The standard InChI is InChI=1S/C13H17N3O/c14-10-4-2-1-3-6-12-7-5-8-13(9-11-15)16(12)17/h2,4,13H,1,3,5-9H2/b4-2-. The molecule has 1 rings (SSSR count). The van der Waals surface area contributed by atoms with E-state index in [1.807, 2.05) is 12.1 Å². The summed E-state index contributed by atoms with van der Waals surface area (Å²) in [6, 6.07) is 3.87. The molecular weight excluding hydrogens is 214 g/mol. The summed E-state index contributed by atoms with van der Waals surface area (Å²) in [5.74, 6) is 0. The maximum Gasteiger partial charge on any atom is 0.176 e. The maximum absolute atomic E-state index is 11.9. The van der Waals surface area contributed by atoms with Crippen molar-refractivity contribution in [2.24, 2.45) is 0 Å². The van der Waals surface area contributed by atoms with Gasteiger partial charge in [0.2, 0.25) is 0 Å². The first-order chi connectivity index (χ1) is 8.29. The second-order valence-electron chi connectivity index (χ2n) is 4.22. The van der Waals surface area contributed by atoms with Crippen molar-refractivity contribution in [1.82, 2.24) is 0 Å². The molecule has 17 heavy (non-hydrogen) atoms. The predicted molar refractivity (Wildman–Crippen MR) is 65.1 cm³/mol. The molecule has 90 valence electrons. The van der Waals surface area contributed by atoms with Crippen molar-refractivity contribution in [3.05, 3.63) is 17.4 Å². The van der Waals surface area contributed by atoms with Gasteiger partial charge in [-0.05, 0) is 19.3 Å². The molecule has 0 aromatic carbocycles. The summed E-state index contributed by atoms with van der Waals surface area (Å²) in [5, 5.41) is 28.8. The van der Waals surface area contributed by atoms with E-state index in [9.17, 15) is 5.21 Å². The van der Waals surface area contributed by atoms with Crippen LogP contribution in [0.25, 0.3) is 0 Å². The second kappa shape index (κ2) is 7.46. The van der Waals surface area contributed by atoms with Crippen molar-refractivity contribution in [2.75, 3.05) is 0 Å². The van der Waals surface area contributed by atoms with E-state index in [4.69, 9.17) is 10.5 Å². The third kappa shape index (κ3) is 4.28. The number of rotatable bonds is 5. The minimum atomic E-state index is -0.140. The molecule has 1 atom stereocenters. The summed E-state index contributed by atoms with van der Waals surface area (Å²) in [7, 11) is 0. The van der Waals surface area contributed by atoms with Gasteiger partial charge in [0.25, 0.3) is 0 Å². The van der Waals surface area contributed by atoms with Crippen molar-refractivity contribution in [3.63, 3.8) is 0 Å². The Morgan fingerprint density at radius 1 is 1.47 bits per heavy atom. The topological polar surface area (TPSA) is 73.7 Å². The molecule has 0 radical (unpaired) electrons. The van der Waals surface area contributed by atoms with E-state index in [-0.39, 0.29) is 6.04 Å². The van der Waals surface area contributed by atoms with Gasteiger partial charge >= 0.3 is 0 Å². The van der Waals surface area contributed by atoms with Gasteiger partial charge in [0.05, 0.1) is 18.6 Å². The molecule has 0 saturated carbocycles. The van der Waals surface area contributed by atoms with Crippen molar-refractivity contribution in [2.45, 2.75) is 51.0 Å². The Labute approximate surface area is 102 Å². The fourth-order valence-electron chi connectivity index (χ4n) is 2.11. The van der Waals surface area contributed by atoms with Gasteiger partial charge in [-0.1, -0.05) is 6.08 Å². The van der Waals surface area contributed by atoms with Crippen LogP contribution in [0.2, 0.25) is 0 Å². The van der Waals surface area contributed by atoms with Crippen LogP contribution in [0, 0.1) is 27.9 Å². The van der Waals surface area contributed by atoms with Gasteiger partial charge < -0.3 is 5.21 Å². The molecule has 1 unspecified atom stereocenters. The first-order valence-electron chi connectivity index (χ1n) is 6.02. The van der Waals surface area contributed by atoms with Gasteiger partial charge in [-0.2, -0.15) is 10.5 Å². The number of nitriles is 2. The van der Waals surface area contributed by atoms with Crippen LogP contribution in [-0.2, 0) is 0 Å². The summed E-state index contributed by atoms with van der Waals surface area (Å²) in [5.41, 5.74) is 0.918. The van der Waals surface area contributed by atoms with Crippen molar-refractivity contribution in [3.8, 4) is 12.1 Å². The van der Waals surface area contributed by atoms with Gasteiger partial charge in [0, 0.05) is 25.3 Å². The Morgan fingerprint density at radius 2 is 2.29 bits per heavy atom. The Kier molecular flexibility index (Phi) is 5.82. The van der Waals surface area contributed by atoms with Gasteiger partial charge in [0.15, 0.2) is 11.8 Å². The molecule has 0 amide bonds. The van der Waals surface area contributed by atoms with E-state index in [0.29, 0.717) is 6.42 Å². The Bertz CT molecular complexity index is 384. The first kappa shape index (κ1) is 13.3. The lowest BCUT2D eigenvalue weighted by atomic mass is 9.97. The van der Waals surface area contributed by atoms with Crippen LogP contribution in [0.4, 0.5) is 0 Å². The minimum Gasteiger partial charge on any atom is -0.624 e. The fraction of sp³-hybridized carbons (Fsp3) is 0.615. The van der Waals surface area contributed by atoms with E-state index in [1.54, 1.807) is 0 Å². The van der Waals surface area contributed by atoms with E-state index in [1.165, 1.54) is 6.08 Å². The molecule has 4 nitrogen and oxygen atoms in total. The number of nitrogens with zero attached hydrogens (tertiary/aromatic N) is 3. The maximum atomic E-state index is 11.9. The quantitative estimate of drug-likeness (QED) is 0.316. The van der Waals surface area contributed by atoms with Crippen molar-refractivity contribution in [1.29, 1.82) is 10.5 Å². The predicted octanol–water partition coefficient (Wildman–Crippen LogP) is 2.65. The molecular formula is C13H17N3O. The lowest BCUT2D eigenvalue weighted by Crippen LogP contribution is -2.31. The van der Waals surface area contributed by atoms with Crippen LogP contribution < -0.4 is 0 Å². The minimum absolute atomic E-state index is 0.140. The zero-order chi connectivity index (χ0) is 12.5. The molecule has 0 fully saturated rings. The van der Waals surface area contributed by atoms with Gasteiger partial charge in [0.1, 0.15) is 0 Å². The van der Waals surface area contributed by atoms with Crippen molar-refractivity contribution >= 4 is 5.71 Å². The fourth-order valence-corrected chi connectivity index (χ4v) is 2.11. The highest BCUT2D eigenvalue weighted by Crippen LogP contribution is 2.18. The Hall–Kier alpha value is -1.81. The summed E-state index contributed by atoms with van der Waals surface area (Å²) < 4.78 is 1.06. The molecule has 1 heterocycles. The summed E-state index contributed by atoms with van der Waals surface area (Å²) in [6.07, 6.45) is 8.81. The Balaban J connectivity index is 2.46. The highest BCUT2D eigenvalue weighted by molar-refractivity contribution is 5.80. The monoisotopic (exact) mass is 231 g/mol. The first-order valence-corrected chi connectivity index (χ1v) is 6.02. The number of hydroxylamine groups is 1. The highest BCUT2D eigenvalue weighted by Gasteiger charge is 2.24. The van der Waals surface area contributed by atoms with E-state index >= 15 is 0 Å². The van der Waals surface area contributed by atoms with Gasteiger partial charge in [-0.15, -0.1) is 0 Å². The lowest BCUT2D eigenvalue weighted by Gasteiger charge is -2.22. The number of hydrogen-bond acceptors (Lipinski definition) is 3. The molecule has 0 saturated heterocycles. The molecule has 0 aliphatic carbocycles. The average molecular weight is 231 g/mol. The molecule has 0 aromatic heterocycles. The van der Waals surface area contributed by atoms with Gasteiger partial charge in [-0.25, -0.2) is 4.74 Å². The second-order valence-corrected chi connectivity index (χ2v) is 4.22. The Morgan fingerprint density at radius 3 is 3.00 bits per heavy atom. The van der Waals surface area contributed by atoms with Crippen LogP contribution in [0.3, 0.4) is 0 Å². The zero-order valence-corrected chi connectivity index (χ0v) is 9.93. The smallest absolute Gasteiger partial charge is 0.176 e. The average Bonchev–Trinajstić information content (AvgIpc) is 2.33. The lowest BCUT2D eigenvalue weighted by molar-refractivity contribution is -0.508. The van der Waals surface area contributed by atoms with Crippen LogP contribution >= 0.6 is 0 Å². The summed E-state index contributed by atoms with van der Waals surface area (Å²) >= 11 is 0. The number of unbranched alkanes of at least 4 members (excludes halogenated alkanes) is 1. The van der Waals surface area contributed by atoms with Crippen molar-refractivity contribution < 1.29 is 4.74 Å². The summed E-state index contributed by atoms with van der Waals surface area (Å²) in [6.45, 7) is 0. The molecule has 0 spiro atoms. The molecule has 4 heteroatoms. The van der Waals surface area contributed by atoms with E-state index in [0.717, 1.165) is 49.0 Å². The zero-order valence-electron chi connectivity index (χ0n) is 9.93. The largest absolute Gasteiger partial charge is 0.624 e. The summed E-state index contributed by atoms with van der Waals surface area (Å²) in [4.78, 5) is 0. The number of allylic oxidation sites excluding steroid dienone is 2. The van der Waals surface area contributed by atoms with Crippen LogP contribution in [0.1, 0.15) is 44.9 Å². The normalized spacial score (nSPS) is 20.2. The third-order valence-corrected chi connectivity index (χ3v) is 3.00. The van der Waals surface area contributed by atoms with E-state index < -0.39 is 0 Å². The highest BCUT2D eigenvalue weighted by atomic mass is 16.5. The third-order valence-electron chi connectivity index (χ3n) is 3.00. The van der Waals surface area contributed by atoms with Crippen LogP contribution in [0.5, 0.6) is 0 Å². The van der Waals surface area contributed by atoms with Gasteiger partial charge in [-0.3, -0.25) is 0 Å². The molecule has 1 aliphatic heterocycles. The molecule has 0 bridgehead atoms.